The Morgan fingerprint density at radius 1 is 1.14 bits per heavy atom. The lowest BCUT2D eigenvalue weighted by molar-refractivity contribution is -0.119. The van der Waals surface area contributed by atoms with Crippen LogP contribution in [0.3, 0.4) is 0 Å². The van der Waals surface area contributed by atoms with E-state index in [2.05, 4.69) is 15.6 Å². The van der Waals surface area contributed by atoms with Crippen molar-refractivity contribution in [1.29, 1.82) is 0 Å². The maximum atomic E-state index is 10.7. The summed E-state index contributed by atoms with van der Waals surface area (Å²) in [5.74, 6) is 2.02. The molecule has 1 amide bonds. The molecule has 0 bridgehead atoms. The van der Waals surface area contributed by atoms with Crippen LogP contribution in [-0.4, -0.2) is 38.6 Å². The predicted octanol–water partition coefficient (Wildman–Crippen LogP) is 3.24. The van der Waals surface area contributed by atoms with Crippen molar-refractivity contribution in [1.82, 2.24) is 10.6 Å². The van der Waals surface area contributed by atoms with Gasteiger partial charge in [0.2, 0.25) is 0 Å². The van der Waals surface area contributed by atoms with Crippen molar-refractivity contribution in [2.45, 2.75) is 51.4 Å². The molecule has 1 saturated carbocycles. The zero-order valence-corrected chi connectivity index (χ0v) is 19.2. The maximum Gasteiger partial charge on any atom is 0.255 e. The van der Waals surface area contributed by atoms with E-state index in [1.807, 2.05) is 24.3 Å². The highest BCUT2D eigenvalue weighted by molar-refractivity contribution is 14.0. The molecule has 1 aliphatic rings. The lowest BCUT2D eigenvalue weighted by atomic mass is 10.0. The summed E-state index contributed by atoms with van der Waals surface area (Å²) in [6.07, 6.45) is 10.5. The first-order chi connectivity index (χ1) is 13.2. The van der Waals surface area contributed by atoms with Gasteiger partial charge in [-0.25, -0.2) is 0 Å². The quantitative estimate of drug-likeness (QED) is 0.188. The molecule has 0 unspecified atom stereocenters. The third kappa shape index (κ3) is 10.1. The van der Waals surface area contributed by atoms with Crippen molar-refractivity contribution in [3.8, 4) is 5.75 Å². The molecule has 0 radical (unpaired) electrons. The molecule has 1 aromatic rings. The van der Waals surface area contributed by atoms with E-state index in [-0.39, 0.29) is 30.6 Å². The summed E-state index contributed by atoms with van der Waals surface area (Å²) in [6, 6.07) is 7.71. The molecule has 1 aromatic carbocycles. The fourth-order valence-electron chi connectivity index (χ4n) is 3.52. The normalized spacial score (nSPS) is 14.4. The molecule has 158 valence electrons. The summed E-state index contributed by atoms with van der Waals surface area (Å²) >= 11 is 0. The Morgan fingerprint density at radius 2 is 1.82 bits per heavy atom. The molecular formula is C21H35IN4O2. The number of ether oxygens (including phenoxy) is 1. The average molecular weight is 502 g/mol. The Labute approximate surface area is 186 Å². The number of primary amides is 1. The molecule has 0 saturated heterocycles. The fraction of sp³-hybridized carbons (Fsp3) is 0.619. The lowest BCUT2D eigenvalue weighted by Crippen LogP contribution is -2.38. The summed E-state index contributed by atoms with van der Waals surface area (Å²) in [7, 11) is 1.80. The van der Waals surface area contributed by atoms with Crippen LogP contribution in [0.4, 0.5) is 0 Å². The highest BCUT2D eigenvalue weighted by Crippen LogP contribution is 2.28. The minimum absolute atomic E-state index is 0. The largest absolute Gasteiger partial charge is 0.484 e. The van der Waals surface area contributed by atoms with Crippen LogP contribution >= 0.6 is 24.0 Å². The summed E-state index contributed by atoms with van der Waals surface area (Å²) in [4.78, 5) is 15.0. The molecule has 0 heterocycles. The van der Waals surface area contributed by atoms with E-state index in [1.54, 1.807) is 7.05 Å². The molecule has 0 aromatic heterocycles. The number of carbonyl (C=O) groups excluding carboxylic acids is 1. The van der Waals surface area contributed by atoms with Gasteiger partial charge in [-0.1, -0.05) is 50.7 Å². The number of hydrogen-bond acceptors (Lipinski definition) is 3. The number of benzene rings is 1. The van der Waals surface area contributed by atoms with Crippen molar-refractivity contribution in [2.24, 2.45) is 16.6 Å². The van der Waals surface area contributed by atoms with Crippen LogP contribution in [0, 0.1) is 5.92 Å². The third-order valence-electron chi connectivity index (χ3n) is 5.04. The molecule has 6 nitrogen and oxygen atoms in total. The van der Waals surface area contributed by atoms with Gasteiger partial charge in [-0.05, 0) is 36.5 Å². The summed E-state index contributed by atoms with van der Waals surface area (Å²) in [5.41, 5.74) is 6.26. The Hall–Kier alpha value is -1.51. The highest BCUT2D eigenvalue weighted by atomic mass is 127. The molecular weight excluding hydrogens is 467 g/mol. The van der Waals surface area contributed by atoms with Crippen molar-refractivity contribution in [3.63, 3.8) is 0 Å². The van der Waals surface area contributed by atoms with E-state index in [4.69, 9.17) is 10.5 Å². The van der Waals surface area contributed by atoms with E-state index < -0.39 is 5.91 Å². The second-order valence-electron chi connectivity index (χ2n) is 7.22. The van der Waals surface area contributed by atoms with E-state index >= 15 is 0 Å². The van der Waals surface area contributed by atoms with Crippen molar-refractivity contribution in [2.75, 3.05) is 26.7 Å². The Kier molecular flexibility index (Phi) is 12.7. The number of rotatable bonds is 11. The number of nitrogens with two attached hydrogens (primary N) is 1. The van der Waals surface area contributed by atoms with Crippen LogP contribution in [0.15, 0.2) is 29.3 Å². The van der Waals surface area contributed by atoms with Gasteiger partial charge >= 0.3 is 0 Å². The molecule has 0 atom stereocenters. The van der Waals surface area contributed by atoms with Crippen molar-refractivity contribution in [3.05, 3.63) is 29.8 Å². The molecule has 0 spiro atoms. The van der Waals surface area contributed by atoms with Gasteiger partial charge in [0.15, 0.2) is 12.6 Å². The summed E-state index contributed by atoms with van der Waals surface area (Å²) < 4.78 is 5.26. The Bertz CT molecular complexity index is 587. The van der Waals surface area contributed by atoms with Gasteiger partial charge in [0.25, 0.3) is 5.91 Å². The second-order valence-corrected chi connectivity index (χ2v) is 7.22. The van der Waals surface area contributed by atoms with Gasteiger partial charge in [-0.3, -0.25) is 9.79 Å². The SMILES string of the molecule is CN=C(NCCCCC1CCCC1)NCCc1ccc(OCC(N)=O)cc1.I. The van der Waals surface area contributed by atoms with Crippen LogP contribution in [0.2, 0.25) is 0 Å². The van der Waals surface area contributed by atoms with E-state index in [1.165, 1.54) is 50.5 Å². The van der Waals surface area contributed by atoms with Gasteiger partial charge in [0, 0.05) is 20.1 Å². The first kappa shape index (κ1) is 24.5. The number of guanidine groups is 1. The molecule has 0 aliphatic heterocycles. The number of unbranched alkanes of at least 4 members (excludes halogenated alkanes) is 1. The molecule has 28 heavy (non-hydrogen) atoms. The van der Waals surface area contributed by atoms with Crippen LogP contribution < -0.4 is 21.1 Å². The monoisotopic (exact) mass is 502 g/mol. The summed E-state index contributed by atoms with van der Waals surface area (Å²) in [6.45, 7) is 1.69. The number of hydrogen-bond donors (Lipinski definition) is 3. The van der Waals surface area contributed by atoms with Crippen molar-refractivity contribution < 1.29 is 9.53 Å². The first-order valence-corrected chi connectivity index (χ1v) is 10.1. The fourth-order valence-corrected chi connectivity index (χ4v) is 3.52. The van der Waals surface area contributed by atoms with Gasteiger partial charge in [-0.2, -0.15) is 0 Å². The van der Waals surface area contributed by atoms with E-state index in [0.29, 0.717) is 5.75 Å². The second kappa shape index (κ2) is 14.5. The predicted molar refractivity (Wildman–Crippen MR) is 125 cm³/mol. The first-order valence-electron chi connectivity index (χ1n) is 10.1. The van der Waals surface area contributed by atoms with Crippen LogP contribution in [0.1, 0.15) is 50.5 Å². The van der Waals surface area contributed by atoms with Gasteiger partial charge < -0.3 is 21.1 Å². The van der Waals surface area contributed by atoms with Gasteiger partial charge in [-0.15, -0.1) is 24.0 Å². The zero-order chi connectivity index (χ0) is 19.3. The minimum Gasteiger partial charge on any atom is -0.484 e. The molecule has 4 N–H and O–H groups in total. The zero-order valence-electron chi connectivity index (χ0n) is 16.9. The molecule has 2 rings (SSSR count). The van der Waals surface area contributed by atoms with E-state index in [0.717, 1.165) is 31.4 Å². The maximum absolute atomic E-state index is 10.7. The molecule has 1 fully saturated rings. The standard InChI is InChI=1S/C21H34N4O2.HI/c1-23-21(24-14-5-4-8-17-6-2-3-7-17)25-15-13-18-9-11-19(12-10-18)27-16-20(22)26;/h9-12,17H,2-8,13-16H2,1H3,(H2,22,26)(H2,23,24,25);1H. The number of aliphatic imine (C=N–C) groups is 1. The number of nitrogens with one attached hydrogen (secondary N) is 2. The van der Waals surface area contributed by atoms with Crippen LogP contribution in [-0.2, 0) is 11.2 Å². The highest BCUT2D eigenvalue weighted by Gasteiger charge is 2.13. The Morgan fingerprint density at radius 3 is 2.46 bits per heavy atom. The lowest BCUT2D eigenvalue weighted by Gasteiger charge is -2.13. The Balaban J connectivity index is 0.00000392. The third-order valence-corrected chi connectivity index (χ3v) is 5.04. The topological polar surface area (TPSA) is 88.7 Å². The molecule has 7 heteroatoms. The smallest absolute Gasteiger partial charge is 0.255 e. The van der Waals surface area contributed by atoms with Gasteiger partial charge in [0.05, 0.1) is 0 Å². The van der Waals surface area contributed by atoms with Crippen LogP contribution in [0.5, 0.6) is 5.75 Å². The number of nitrogens with zero attached hydrogens (tertiary/aromatic N) is 1. The summed E-state index contributed by atoms with van der Waals surface area (Å²) in [5, 5.41) is 6.74. The number of carbonyl (C=O) groups is 1. The number of halogens is 1. The molecule has 1 aliphatic carbocycles. The minimum atomic E-state index is -0.472. The van der Waals surface area contributed by atoms with Crippen LogP contribution in [0.25, 0.3) is 0 Å². The number of amides is 1. The van der Waals surface area contributed by atoms with Crippen molar-refractivity contribution >= 4 is 35.8 Å². The van der Waals surface area contributed by atoms with E-state index in [9.17, 15) is 4.79 Å². The van der Waals surface area contributed by atoms with Gasteiger partial charge in [0.1, 0.15) is 5.75 Å². The average Bonchev–Trinajstić information content (AvgIpc) is 3.19.